The molecule has 0 spiro atoms. The molecule has 0 unspecified atom stereocenters. The van der Waals surface area contributed by atoms with Gasteiger partial charge in [0.2, 0.25) is 0 Å². The van der Waals surface area contributed by atoms with Crippen LogP contribution >= 0.6 is 0 Å². The van der Waals surface area contributed by atoms with Crippen LogP contribution in [0.2, 0.25) is 0 Å². The maximum Gasteiger partial charge on any atom is 0.0616 e. The van der Waals surface area contributed by atoms with Gasteiger partial charge in [0.1, 0.15) is 0 Å². The van der Waals surface area contributed by atoms with Crippen molar-refractivity contribution in [2.45, 2.75) is 25.0 Å². The molecule has 0 saturated heterocycles. The SMILES string of the molecule is OC[C@H]1[C@H](O)CC[C@@H]1O. The van der Waals surface area contributed by atoms with Gasteiger partial charge in [0.25, 0.3) is 0 Å². The van der Waals surface area contributed by atoms with E-state index in [2.05, 4.69) is 0 Å². The molecular formula is C6H12O3. The summed E-state index contributed by atoms with van der Waals surface area (Å²) in [5.74, 6) is -0.301. The average Bonchev–Trinajstić information content (AvgIpc) is 2.12. The Morgan fingerprint density at radius 3 is 1.78 bits per heavy atom. The van der Waals surface area contributed by atoms with E-state index in [0.717, 1.165) is 0 Å². The zero-order chi connectivity index (χ0) is 6.85. The van der Waals surface area contributed by atoms with Crippen molar-refractivity contribution < 1.29 is 15.3 Å². The molecule has 3 heteroatoms. The lowest BCUT2D eigenvalue weighted by atomic mass is 10.1. The van der Waals surface area contributed by atoms with Crippen LogP contribution in [0.15, 0.2) is 0 Å². The molecular weight excluding hydrogens is 120 g/mol. The van der Waals surface area contributed by atoms with Crippen LogP contribution in [0.25, 0.3) is 0 Å². The van der Waals surface area contributed by atoms with Crippen molar-refractivity contribution in [3.05, 3.63) is 0 Å². The third-order valence-electron chi connectivity index (χ3n) is 1.96. The highest BCUT2D eigenvalue weighted by Gasteiger charge is 2.32. The third-order valence-corrected chi connectivity index (χ3v) is 1.96. The highest BCUT2D eigenvalue weighted by atomic mass is 16.3. The van der Waals surface area contributed by atoms with Crippen LogP contribution in [0.4, 0.5) is 0 Å². The van der Waals surface area contributed by atoms with Gasteiger partial charge in [0.15, 0.2) is 0 Å². The first-order valence-corrected chi connectivity index (χ1v) is 3.22. The van der Waals surface area contributed by atoms with Crippen LogP contribution in [0.3, 0.4) is 0 Å². The third kappa shape index (κ3) is 1.23. The van der Waals surface area contributed by atoms with Gasteiger partial charge >= 0.3 is 0 Å². The second kappa shape index (κ2) is 2.64. The van der Waals surface area contributed by atoms with Gasteiger partial charge in [0.05, 0.1) is 18.8 Å². The van der Waals surface area contributed by atoms with Gasteiger partial charge in [-0.2, -0.15) is 0 Å². The van der Waals surface area contributed by atoms with E-state index in [-0.39, 0.29) is 12.5 Å². The fraction of sp³-hybridized carbons (Fsp3) is 1.00. The summed E-state index contributed by atoms with van der Waals surface area (Å²) in [6.07, 6.45) is 0.244. The number of rotatable bonds is 1. The molecule has 0 radical (unpaired) electrons. The molecule has 3 N–H and O–H groups in total. The fourth-order valence-corrected chi connectivity index (χ4v) is 1.27. The number of aliphatic hydroxyl groups excluding tert-OH is 3. The molecule has 0 bridgehead atoms. The van der Waals surface area contributed by atoms with Crippen LogP contribution in [-0.2, 0) is 0 Å². The normalized spacial score (nSPS) is 43.7. The van der Waals surface area contributed by atoms with Gasteiger partial charge in [-0.25, -0.2) is 0 Å². The molecule has 3 atom stereocenters. The Balaban J connectivity index is 2.44. The van der Waals surface area contributed by atoms with E-state index < -0.39 is 12.2 Å². The van der Waals surface area contributed by atoms with Gasteiger partial charge in [-0.15, -0.1) is 0 Å². The van der Waals surface area contributed by atoms with E-state index in [0.29, 0.717) is 12.8 Å². The maximum absolute atomic E-state index is 9.04. The van der Waals surface area contributed by atoms with Crippen molar-refractivity contribution in [1.82, 2.24) is 0 Å². The van der Waals surface area contributed by atoms with Crippen LogP contribution in [0, 0.1) is 5.92 Å². The second-order valence-corrected chi connectivity index (χ2v) is 2.56. The Kier molecular flexibility index (Phi) is 2.05. The fourth-order valence-electron chi connectivity index (χ4n) is 1.27. The summed E-state index contributed by atoms with van der Waals surface area (Å²) in [5, 5.41) is 26.7. The van der Waals surface area contributed by atoms with Gasteiger partial charge < -0.3 is 15.3 Å². The van der Waals surface area contributed by atoms with E-state index in [9.17, 15) is 0 Å². The monoisotopic (exact) mass is 132 g/mol. The molecule has 0 heterocycles. The largest absolute Gasteiger partial charge is 0.396 e. The summed E-state index contributed by atoms with van der Waals surface area (Å²) in [4.78, 5) is 0. The van der Waals surface area contributed by atoms with Crippen LogP contribution in [0.1, 0.15) is 12.8 Å². The van der Waals surface area contributed by atoms with E-state index in [4.69, 9.17) is 15.3 Å². The van der Waals surface area contributed by atoms with Gasteiger partial charge in [0, 0.05) is 5.92 Å². The lowest BCUT2D eigenvalue weighted by Gasteiger charge is -2.13. The Bertz CT molecular complexity index is 84.3. The first-order valence-electron chi connectivity index (χ1n) is 3.22. The molecule has 0 aromatic heterocycles. The Morgan fingerprint density at radius 2 is 1.56 bits per heavy atom. The standard InChI is InChI=1S/C6H12O3/c7-3-4-5(8)1-2-6(4)9/h4-9H,1-3H2/t4-,5+,6-. The van der Waals surface area contributed by atoms with E-state index in [1.165, 1.54) is 0 Å². The highest BCUT2D eigenvalue weighted by Crippen LogP contribution is 2.25. The summed E-state index contributed by atoms with van der Waals surface area (Å²) in [5.41, 5.74) is 0. The van der Waals surface area contributed by atoms with Crippen molar-refractivity contribution in [1.29, 1.82) is 0 Å². The lowest BCUT2D eigenvalue weighted by molar-refractivity contribution is 0.0291. The summed E-state index contributed by atoms with van der Waals surface area (Å²) in [7, 11) is 0. The Labute approximate surface area is 53.9 Å². The van der Waals surface area contributed by atoms with E-state index in [1.807, 2.05) is 0 Å². The summed E-state index contributed by atoms with van der Waals surface area (Å²) in [6, 6.07) is 0. The molecule has 0 amide bonds. The van der Waals surface area contributed by atoms with Gasteiger partial charge in [-0.3, -0.25) is 0 Å². The number of hydrogen-bond acceptors (Lipinski definition) is 3. The topological polar surface area (TPSA) is 60.7 Å². The molecule has 9 heavy (non-hydrogen) atoms. The average molecular weight is 132 g/mol. The Morgan fingerprint density at radius 1 is 1.11 bits per heavy atom. The smallest absolute Gasteiger partial charge is 0.0616 e. The number of aliphatic hydroxyl groups is 3. The maximum atomic E-state index is 9.04. The molecule has 1 fully saturated rings. The summed E-state index contributed by atoms with van der Waals surface area (Å²) in [6.45, 7) is -0.109. The van der Waals surface area contributed by atoms with Crippen LogP contribution < -0.4 is 0 Å². The minimum Gasteiger partial charge on any atom is -0.396 e. The molecule has 3 nitrogen and oxygen atoms in total. The second-order valence-electron chi connectivity index (χ2n) is 2.56. The molecule has 54 valence electrons. The predicted molar refractivity (Wildman–Crippen MR) is 31.8 cm³/mol. The van der Waals surface area contributed by atoms with Crippen molar-refractivity contribution in [2.75, 3.05) is 6.61 Å². The molecule has 1 aliphatic carbocycles. The highest BCUT2D eigenvalue weighted by molar-refractivity contribution is 4.83. The van der Waals surface area contributed by atoms with Crippen LogP contribution in [-0.4, -0.2) is 34.1 Å². The quantitative estimate of drug-likeness (QED) is 0.434. The predicted octanol–water partition coefficient (Wildman–Crippen LogP) is -0.890. The minimum absolute atomic E-state index is 0.109. The Hall–Kier alpha value is -0.120. The van der Waals surface area contributed by atoms with E-state index in [1.54, 1.807) is 0 Å². The van der Waals surface area contributed by atoms with Crippen LogP contribution in [0.5, 0.6) is 0 Å². The molecule has 1 rings (SSSR count). The minimum atomic E-state index is -0.495. The first-order chi connectivity index (χ1) is 4.25. The van der Waals surface area contributed by atoms with Gasteiger partial charge in [-0.1, -0.05) is 0 Å². The molecule has 0 aromatic carbocycles. The molecule has 1 saturated carbocycles. The number of hydrogen-bond donors (Lipinski definition) is 3. The van der Waals surface area contributed by atoms with Crippen molar-refractivity contribution in [3.63, 3.8) is 0 Å². The zero-order valence-electron chi connectivity index (χ0n) is 5.20. The first kappa shape index (κ1) is 6.99. The van der Waals surface area contributed by atoms with Crippen molar-refractivity contribution in [2.24, 2.45) is 5.92 Å². The molecule has 1 aliphatic rings. The van der Waals surface area contributed by atoms with Crippen molar-refractivity contribution in [3.8, 4) is 0 Å². The van der Waals surface area contributed by atoms with Crippen molar-refractivity contribution >= 4 is 0 Å². The zero-order valence-corrected chi connectivity index (χ0v) is 5.20. The van der Waals surface area contributed by atoms with Gasteiger partial charge in [-0.05, 0) is 12.8 Å². The van der Waals surface area contributed by atoms with E-state index >= 15 is 0 Å². The molecule has 0 aliphatic heterocycles. The lowest BCUT2D eigenvalue weighted by Crippen LogP contribution is -2.25. The summed E-state index contributed by atoms with van der Waals surface area (Å²) < 4.78 is 0. The summed E-state index contributed by atoms with van der Waals surface area (Å²) >= 11 is 0. The molecule has 0 aromatic rings.